The van der Waals surface area contributed by atoms with E-state index < -0.39 is 0 Å². The van der Waals surface area contributed by atoms with Gasteiger partial charge in [-0.25, -0.2) is 0 Å². The summed E-state index contributed by atoms with van der Waals surface area (Å²) in [7, 11) is 0. The second-order valence-electron chi connectivity index (χ2n) is 3.94. The highest BCUT2D eigenvalue weighted by molar-refractivity contribution is 9.10. The van der Waals surface area contributed by atoms with Gasteiger partial charge in [0.15, 0.2) is 0 Å². The van der Waals surface area contributed by atoms with E-state index in [2.05, 4.69) is 59.4 Å². The summed E-state index contributed by atoms with van der Waals surface area (Å²) < 4.78 is 1.21. The van der Waals surface area contributed by atoms with Gasteiger partial charge in [0.05, 0.1) is 0 Å². The fraction of sp³-hybridized carbons (Fsp3) is 0.500. The highest BCUT2D eigenvalue weighted by Gasteiger charge is 1.98. The molecule has 1 aromatic carbocycles. The maximum atomic E-state index is 3.55. The largest absolute Gasteiger partial charge is 0.316 e. The molecule has 1 rings (SSSR count). The lowest BCUT2D eigenvalue weighted by atomic mass is 10.1. The average molecular weight is 256 g/mol. The van der Waals surface area contributed by atoms with E-state index in [9.17, 15) is 0 Å². The van der Waals surface area contributed by atoms with Crippen molar-refractivity contribution in [1.29, 1.82) is 0 Å². The van der Waals surface area contributed by atoms with Gasteiger partial charge < -0.3 is 5.32 Å². The molecular weight excluding hydrogens is 238 g/mol. The number of halogens is 1. The Morgan fingerprint density at radius 3 is 2.64 bits per heavy atom. The van der Waals surface area contributed by atoms with Crippen molar-refractivity contribution in [3.05, 3.63) is 34.3 Å². The van der Waals surface area contributed by atoms with E-state index in [1.165, 1.54) is 10.0 Å². The molecule has 0 bridgehead atoms. The Morgan fingerprint density at radius 1 is 1.29 bits per heavy atom. The summed E-state index contributed by atoms with van der Waals surface area (Å²) in [6.45, 7) is 6.61. The minimum atomic E-state index is 0.731. The van der Waals surface area contributed by atoms with Crippen molar-refractivity contribution in [1.82, 2.24) is 5.32 Å². The Balaban J connectivity index is 2.28. The van der Waals surface area contributed by atoms with Gasteiger partial charge in [-0.1, -0.05) is 48.0 Å². The number of nitrogens with one attached hydrogen (secondary N) is 1. The van der Waals surface area contributed by atoms with Gasteiger partial charge in [-0.3, -0.25) is 0 Å². The van der Waals surface area contributed by atoms with Crippen molar-refractivity contribution >= 4 is 15.9 Å². The molecule has 14 heavy (non-hydrogen) atoms. The maximum Gasteiger partial charge on any atom is 0.0207 e. The topological polar surface area (TPSA) is 12.0 Å². The number of hydrogen-bond donors (Lipinski definition) is 1. The van der Waals surface area contributed by atoms with E-state index >= 15 is 0 Å². The molecule has 1 N–H and O–H groups in total. The second-order valence-corrected chi connectivity index (χ2v) is 4.79. The van der Waals surface area contributed by atoms with Crippen molar-refractivity contribution in [2.75, 3.05) is 13.1 Å². The van der Waals surface area contributed by atoms with E-state index in [1.807, 2.05) is 0 Å². The van der Waals surface area contributed by atoms with Crippen LogP contribution in [0, 0.1) is 5.92 Å². The molecule has 0 atom stereocenters. The quantitative estimate of drug-likeness (QED) is 0.797. The first-order valence-electron chi connectivity index (χ1n) is 5.14. The van der Waals surface area contributed by atoms with Gasteiger partial charge in [0.2, 0.25) is 0 Å². The standard InChI is InChI=1S/C12H18BrN/c1-10(2)9-14-8-7-11-5-3-4-6-12(11)13/h3-6,10,14H,7-9H2,1-2H3. The zero-order valence-electron chi connectivity index (χ0n) is 8.89. The lowest BCUT2D eigenvalue weighted by molar-refractivity contribution is 0.554. The minimum absolute atomic E-state index is 0.731. The first-order chi connectivity index (χ1) is 6.70. The van der Waals surface area contributed by atoms with Gasteiger partial charge in [-0.15, -0.1) is 0 Å². The molecule has 1 aromatic rings. The summed E-state index contributed by atoms with van der Waals surface area (Å²) in [6.07, 6.45) is 1.09. The molecule has 0 spiro atoms. The normalized spacial score (nSPS) is 10.9. The van der Waals surface area contributed by atoms with Crippen molar-refractivity contribution in [3.8, 4) is 0 Å². The summed E-state index contributed by atoms with van der Waals surface area (Å²) in [5, 5.41) is 3.44. The average Bonchev–Trinajstić information content (AvgIpc) is 2.15. The number of hydrogen-bond acceptors (Lipinski definition) is 1. The van der Waals surface area contributed by atoms with Crippen molar-refractivity contribution in [3.63, 3.8) is 0 Å². The summed E-state index contributed by atoms with van der Waals surface area (Å²) in [6, 6.07) is 8.40. The molecule has 0 heterocycles. The minimum Gasteiger partial charge on any atom is -0.316 e. The lowest BCUT2D eigenvalue weighted by Crippen LogP contribution is -2.22. The summed E-state index contributed by atoms with van der Waals surface area (Å²) >= 11 is 3.55. The van der Waals surface area contributed by atoms with E-state index in [1.54, 1.807) is 0 Å². The van der Waals surface area contributed by atoms with Gasteiger partial charge in [0, 0.05) is 4.47 Å². The van der Waals surface area contributed by atoms with Crippen LogP contribution in [0.5, 0.6) is 0 Å². The Morgan fingerprint density at radius 2 is 2.00 bits per heavy atom. The molecule has 78 valence electrons. The molecule has 0 fully saturated rings. The maximum absolute atomic E-state index is 3.55. The molecule has 0 amide bonds. The van der Waals surface area contributed by atoms with Gasteiger partial charge in [0.25, 0.3) is 0 Å². The molecule has 0 aliphatic heterocycles. The van der Waals surface area contributed by atoms with E-state index in [0.717, 1.165) is 25.4 Å². The van der Waals surface area contributed by atoms with Crippen LogP contribution in [0.15, 0.2) is 28.7 Å². The van der Waals surface area contributed by atoms with Crippen LogP contribution < -0.4 is 5.32 Å². The molecule has 0 saturated heterocycles. The molecule has 0 aliphatic rings. The van der Waals surface area contributed by atoms with Crippen LogP contribution in [0.25, 0.3) is 0 Å². The van der Waals surface area contributed by atoms with Gasteiger partial charge in [0.1, 0.15) is 0 Å². The molecular formula is C12H18BrN. The molecule has 0 saturated carbocycles. The Bertz CT molecular complexity index is 271. The Labute approximate surface area is 95.0 Å². The van der Waals surface area contributed by atoms with E-state index in [4.69, 9.17) is 0 Å². The van der Waals surface area contributed by atoms with E-state index in [0.29, 0.717) is 0 Å². The van der Waals surface area contributed by atoms with Crippen LogP contribution in [0.4, 0.5) is 0 Å². The molecule has 0 radical (unpaired) electrons. The fourth-order valence-electron chi connectivity index (χ4n) is 1.31. The summed E-state index contributed by atoms with van der Waals surface area (Å²) in [4.78, 5) is 0. The van der Waals surface area contributed by atoms with Gasteiger partial charge in [-0.05, 0) is 37.1 Å². The molecule has 2 heteroatoms. The fourth-order valence-corrected chi connectivity index (χ4v) is 1.80. The first kappa shape index (κ1) is 11.7. The zero-order chi connectivity index (χ0) is 10.4. The monoisotopic (exact) mass is 255 g/mol. The predicted octanol–water partition coefficient (Wildman–Crippen LogP) is 3.24. The number of rotatable bonds is 5. The zero-order valence-corrected chi connectivity index (χ0v) is 10.5. The van der Waals surface area contributed by atoms with Crippen LogP contribution in [-0.2, 0) is 6.42 Å². The SMILES string of the molecule is CC(C)CNCCc1ccccc1Br. The molecule has 0 aromatic heterocycles. The molecule has 0 aliphatic carbocycles. The van der Waals surface area contributed by atoms with Gasteiger partial charge >= 0.3 is 0 Å². The lowest BCUT2D eigenvalue weighted by Gasteiger charge is -2.08. The summed E-state index contributed by atoms with van der Waals surface area (Å²) in [5.41, 5.74) is 1.38. The Hall–Kier alpha value is -0.340. The van der Waals surface area contributed by atoms with Crippen LogP contribution in [-0.4, -0.2) is 13.1 Å². The third-order valence-corrected chi connectivity index (χ3v) is 2.86. The van der Waals surface area contributed by atoms with Crippen LogP contribution in [0.3, 0.4) is 0 Å². The highest BCUT2D eigenvalue weighted by atomic mass is 79.9. The first-order valence-corrected chi connectivity index (χ1v) is 5.93. The van der Waals surface area contributed by atoms with Crippen molar-refractivity contribution < 1.29 is 0 Å². The molecule has 0 unspecified atom stereocenters. The van der Waals surface area contributed by atoms with Crippen LogP contribution >= 0.6 is 15.9 Å². The second kappa shape index (κ2) is 6.20. The molecule has 1 nitrogen and oxygen atoms in total. The Kier molecular flexibility index (Phi) is 5.20. The highest BCUT2D eigenvalue weighted by Crippen LogP contribution is 2.15. The summed E-state index contributed by atoms with van der Waals surface area (Å²) in [5.74, 6) is 0.731. The van der Waals surface area contributed by atoms with Crippen molar-refractivity contribution in [2.24, 2.45) is 5.92 Å². The third-order valence-electron chi connectivity index (χ3n) is 2.08. The van der Waals surface area contributed by atoms with E-state index in [-0.39, 0.29) is 0 Å². The predicted molar refractivity (Wildman–Crippen MR) is 65.6 cm³/mol. The van der Waals surface area contributed by atoms with Crippen molar-refractivity contribution in [2.45, 2.75) is 20.3 Å². The van der Waals surface area contributed by atoms with Gasteiger partial charge in [-0.2, -0.15) is 0 Å². The van der Waals surface area contributed by atoms with Crippen LogP contribution in [0.2, 0.25) is 0 Å². The smallest absolute Gasteiger partial charge is 0.0207 e. The van der Waals surface area contributed by atoms with Crippen LogP contribution in [0.1, 0.15) is 19.4 Å². The number of benzene rings is 1. The third kappa shape index (κ3) is 4.25.